The van der Waals surface area contributed by atoms with Crippen molar-refractivity contribution in [2.45, 2.75) is 19.8 Å². The van der Waals surface area contributed by atoms with Gasteiger partial charge in [-0.3, -0.25) is 0 Å². The number of rotatable bonds is 5. The Morgan fingerprint density at radius 3 is 2.91 bits per heavy atom. The van der Waals surface area contributed by atoms with Crippen LogP contribution < -0.4 is 10.1 Å². The first-order valence-electron chi connectivity index (χ1n) is 7.29. The lowest BCUT2D eigenvalue weighted by molar-refractivity contribution is 0.406. The number of pyridine rings is 1. The summed E-state index contributed by atoms with van der Waals surface area (Å²) in [5, 5.41) is 5.12. The summed E-state index contributed by atoms with van der Waals surface area (Å²) >= 11 is 6.18. The number of halogens is 1. The van der Waals surface area contributed by atoms with Crippen molar-refractivity contribution in [3.8, 4) is 5.75 Å². The van der Waals surface area contributed by atoms with Gasteiger partial charge in [0.1, 0.15) is 11.6 Å². The van der Waals surface area contributed by atoms with Gasteiger partial charge in [-0.1, -0.05) is 24.9 Å². The second-order valence-corrected chi connectivity index (χ2v) is 5.55. The zero-order valence-electron chi connectivity index (χ0n) is 12.6. The number of nitrogens with zero attached hydrogens (tertiary/aromatic N) is 1. The van der Waals surface area contributed by atoms with E-state index < -0.39 is 0 Å². The van der Waals surface area contributed by atoms with Gasteiger partial charge in [-0.2, -0.15) is 0 Å². The monoisotopic (exact) mass is 315 g/mol. The van der Waals surface area contributed by atoms with Gasteiger partial charge < -0.3 is 15.0 Å². The number of nitrogens with one attached hydrogen (secondary N) is 2. The Labute approximate surface area is 134 Å². The van der Waals surface area contributed by atoms with Gasteiger partial charge in [-0.25, -0.2) is 4.98 Å². The number of aromatic amines is 1. The number of anilines is 2. The standard InChI is InChI=1S/C17H18ClN3O/c1-3-4-13-16(22-2)5-6-17(20-13)21-15-10-11(18)9-14-12(15)7-8-19-14/h5-10,19H,3-4H2,1-2H3,(H,20,21). The molecule has 0 fully saturated rings. The Hall–Kier alpha value is -2.20. The van der Waals surface area contributed by atoms with Crippen LogP contribution in [0.4, 0.5) is 11.5 Å². The minimum atomic E-state index is 0.680. The van der Waals surface area contributed by atoms with Gasteiger partial charge in [0.2, 0.25) is 0 Å². The van der Waals surface area contributed by atoms with Gasteiger partial charge in [0.05, 0.1) is 18.5 Å². The van der Waals surface area contributed by atoms with E-state index in [1.807, 2.05) is 36.5 Å². The van der Waals surface area contributed by atoms with Crippen LogP contribution in [0.15, 0.2) is 36.5 Å². The molecule has 0 saturated heterocycles. The highest BCUT2D eigenvalue weighted by molar-refractivity contribution is 6.31. The number of hydrogen-bond acceptors (Lipinski definition) is 3. The van der Waals surface area contributed by atoms with E-state index in [9.17, 15) is 0 Å². The topological polar surface area (TPSA) is 49.9 Å². The number of H-pyrrole nitrogens is 1. The molecule has 0 aliphatic rings. The first kappa shape index (κ1) is 14.7. The summed E-state index contributed by atoms with van der Waals surface area (Å²) in [7, 11) is 1.67. The van der Waals surface area contributed by atoms with Gasteiger partial charge >= 0.3 is 0 Å². The highest BCUT2D eigenvalue weighted by Crippen LogP contribution is 2.30. The fourth-order valence-electron chi connectivity index (χ4n) is 2.53. The van der Waals surface area contributed by atoms with Gasteiger partial charge in [-0.05, 0) is 36.8 Å². The molecule has 4 nitrogen and oxygen atoms in total. The number of benzene rings is 1. The van der Waals surface area contributed by atoms with Crippen molar-refractivity contribution in [2.75, 3.05) is 12.4 Å². The van der Waals surface area contributed by atoms with E-state index in [2.05, 4.69) is 22.2 Å². The van der Waals surface area contributed by atoms with E-state index in [-0.39, 0.29) is 0 Å². The Morgan fingerprint density at radius 2 is 2.14 bits per heavy atom. The first-order valence-corrected chi connectivity index (χ1v) is 7.66. The normalized spacial score (nSPS) is 10.9. The average Bonchev–Trinajstić information content (AvgIpc) is 2.96. The molecule has 0 saturated carbocycles. The summed E-state index contributed by atoms with van der Waals surface area (Å²) in [5.41, 5.74) is 2.89. The van der Waals surface area contributed by atoms with E-state index in [1.54, 1.807) is 7.11 Å². The molecule has 0 amide bonds. The number of aryl methyl sites for hydroxylation is 1. The SMILES string of the molecule is CCCc1nc(Nc2cc(Cl)cc3[nH]ccc23)ccc1OC. The molecule has 2 aromatic heterocycles. The van der Waals surface area contributed by atoms with Gasteiger partial charge in [0.25, 0.3) is 0 Å². The number of methoxy groups -OCH3 is 1. The lowest BCUT2D eigenvalue weighted by Gasteiger charge is -2.12. The van der Waals surface area contributed by atoms with E-state index in [0.29, 0.717) is 5.02 Å². The van der Waals surface area contributed by atoms with Crippen molar-refractivity contribution in [3.63, 3.8) is 0 Å². The van der Waals surface area contributed by atoms with Crippen molar-refractivity contribution < 1.29 is 4.74 Å². The van der Waals surface area contributed by atoms with Crippen LogP contribution in [0, 0.1) is 0 Å². The third-order valence-corrected chi connectivity index (χ3v) is 3.75. The molecule has 0 aliphatic carbocycles. The minimum absolute atomic E-state index is 0.680. The highest BCUT2D eigenvalue weighted by atomic mass is 35.5. The Kier molecular flexibility index (Phi) is 4.20. The van der Waals surface area contributed by atoms with Crippen LogP contribution in [0.2, 0.25) is 5.02 Å². The third kappa shape index (κ3) is 2.88. The van der Waals surface area contributed by atoms with E-state index >= 15 is 0 Å². The van der Waals surface area contributed by atoms with Gasteiger partial charge in [0.15, 0.2) is 0 Å². The molecule has 0 radical (unpaired) electrons. The van der Waals surface area contributed by atoms with Crippen molar-refractivity contribution in [1.82, 2.24) is 9.97 Å². The molecule has 0 aliphatic heterocycles. The highest BCUT2D eigenvalue weighted by Gasteiger charge is 2.08. The first-order chi connectivity index (χ1) is 10.7. The molecule has 5 heteroatoms. The average molecular weight is 316 g/mol. The van der Waals surface area contributed by atoms with E-state index in [1.165, 1.54) is 0 Å². The predicted octanol–water partition coefficient (Wildman–Crippen LogP) is 4.92. The minimum Gasteiger partial charge on any atom is -0.495 e. The van der Waals surface area contributed by atoms with Crippen LogP contribution in [0.1, 0.15) is 19.0 Å². The third-order valence-electron chi connectivity index (χ3n) is 3.54. The Morgan fingerprint density at radius 1 is 1.27 bits per heavy atom. The number of hydrogen-bond donors (Lipinski definition) is 2. The molecule has 2 N–H and O–H groups in total. The number of ether oxygens (including phenoxy) is 1. The van der Waals surface area contributed by atoms with Crippen LogP contribution in [-0.2, 0) is 6.42 Å². The molecule has 3 aromatic rings. The van der Waals surface area contributed by atoms with Crippen molar-refractivity contribution in [3.05, 3.63) is 47.2 Å². The maximum absolute atomic E-state index is 6.18. The zero-order chi connectivity index (χ0) is 15.5. The summed E-state index contributed by atoms with van der Waals surface area (Å²) in [6.07, 6.45) is 3.80. The fourth-order valence-corrected chi connectivity index (χ4v) is 2.75. The summed E-state index contributed by atoms with van der Waals surface area (Å²) in [4.78, 5) is 7.83. The summed E-state index contributed by atoms with van der Waals surface area (Å²) < 4.78 is 5.36. The molecule has 22 heavy (non-hydrogen) atoms. The Balaban J connectivity index is 1.97. The van der Waals surface area contributed by atoms with Crippen molar-refractivity contribution >= 4 is 34.0 Å². The van der Waals surface area contributed by atoms with Crippen LogP contribution >= 0.6 is 11.6 Å². The van der Waals surface area contributed by atoms with Crippen molar-refractivity contribution in [1.29, 1.82) is 0 Å². The second kappa shape index (κ2) is 6.28. The smallest absolute Gasteiger partial charge is 0.140 e. The second-order valence-electron chi connectivity index (χ2n) is 5.11. The quantitative estimate of drug-likeness (QED) is 0.702. The summed E-state index contributed by atoms with van der Waals surface area (Å²) in [6, 6.07) is 9.69. The summed E-state index contributed by atoms with van der Waals surface area (Å²) in [5.74, 6) is 1.61. The van der Waals surface area contributed by atoms with Crippen LogP contribution in [-0.4, -0.2) is 17.1 Å². The number of fused-ring (bicyclic) bond motifs is 1. The molecule has 0 bridgehead atoms. The van der Waals surface area contributed by atoms with Gasteiger partial charge in [0, 0.05) is 22.1 Å². The van der Waals surface area contributed by atoms with Gasteiger partial charge in [-0.15, -0.1) is 0 Å². The molecule has 0 unspecified atom stereocenters. The molecule has 3 rings (SSSR count). The fraction of sp³-hybridized carbons (Fsp3) is 0.235. The number of aromatic nitrogens is 2. The van der Waals surface area contributed by atoms with E-state index in [0.717, 1.165) is 46.7 Å². The molecular formula is C17H18ClN3O. The molecule has 1 aromatic carbocycles. The van der Waals surface area contributed by atoms with Crippen molar-refractivity contribution in [2.24, 2.45) is 0 Å². The lowest BCUT2D eigenvalue weighted by atomic mass is 10.2. The maximum atomic E-state index is 6.18. The molecular weight excluding hydrogens is 298 g/mol. The summed E-state index contributed by atoms with van der Waals surface area (Å²) in [6.45, 7) is 2.13. The molecule has 2 heterocycles. The van der Waals surface area contributed by atoms with Crippen LogP contribution in [0.25, 0.3) is 10.9 Å². The maximum Gasteiger partial charge on any atom is 0.140 e. The Bertz CT molecular complexity index is 798. The predicted molar refractivity (Wildman–Crippen MR) is 91.4 cm³/mol. The van der Waals surface area contributed by atoms with E-state index in [4.69, 9.17) is 16.3 Å². The van der Waals surface area contributed by atoms with Crippen LogP contribution in [0.3, 0.4) is 0 Å². The molecule has 0 atom stereocenters. The molecule has 114 valence electrons. The largest absolute Gasteiger partial charge is 0.495 e. The zero-order valence-corrected chi connectivity index (χ0v) is 13.4. The van der Waals surface area contributed by atoms with Crippen LogP contribution in [0.5, 0.6) is 5.75 Å². The lowest BCUT2D eigenvalue weighted by Crippen LogP contribution is -2.00. The molecule has 0 spiro atoms.